The number of sulfone groups is 1. The monoisotopic (exact) mass is 433 g/mol. The number of fused-ring (bicyclic) bond motifs is 1. The van der Waals surface area contributed by atoms with Crippen LogP contribution < -0.4 is 5.32 Å². The number of carbonyl (C=O) groups excluding carboxylic acids is 1. The zero-order chi connectivity index (χ0) is 20.9. The van der Waals surface area contributed by atoms with Gasteiger partial charge in [0, 0.05) is 5.56 Å². The third-order valence-corrected chi connectivity index (χ3v) is 6.55. The van der Waals surface area contributed by atoms with Crippen LogP contribution in [0.5, 0.6) is 0 Å². The maximum absolute atomic E-state index is 14.2. The van der Waals surface area contributed by atoms with Crippen LogP contribution in [0.1, 0.15) is 32.7 Å². The fourth-order valence-corrected chi connectivity index (χ4v) is 5.22. The molecular weight excluding hydrogens is 417 g/mol. The zero-order valence-corrected chi connectivity index (χ0v) is 17.2. The molecule has 0 bridgehead atoms. The number of nitrogens with one attached hydrogen (secondary N) is 1. The molecule has 9 heteroatoms. The molecule has 2 heterocycles. The Bertz CT molecular complexity index is 1250. The Labute approximate surface area is 172 Å². The standard InChI is InChI=1S/C20H17ClFN3O3S/c1-11-6-7-17(12(2)8-11)25-19(13-9-29(27,28)10-16(13)24-25)23-20(26)18-14(21)4-3-5-15(18)22/h3-8H,9-10H2,1-2H3,(H,23,26). The Hall–Kier alpha value is -2.71. The van der Waals surface area contributed by atoms with E-state index in [1.807, 2.05) is 32.0 Å². The first-order chi connectivity index (χ1) is 13.7. The average molecular weight is 434 g/mol. The molecule has 0 aliphatic carbocycles. The van der Waals surface area contributed by atoms with E-state index in [2.05, 4.69) is 10.4 Å². The summed E-state index contributed by atoms with van der Waals surface area (Å²) in [5, 5.41) is 7.04. The average Bonchev–Trinajstić information content (AvgIpc) is 3.07. The molecule has 29 heavy (non-hydrogen) atoms. The highest BCUT2D eigenvalue weighted by atomic mass is 35.5. The van der Waals surface area contributed by atoms with Crippen molar-refractivity contribution in [2.45, 2.75) is 25.4 Å². The summed E-state index contributed by atoms with van der Waals surface area (Å²) in [6, 6.07) is 9.64. The summed E-state index contributed by atoms with van der Waals surface area (Å²) in [5.41, 5.74) is 3.12. The van der Waals surface area contributed by atoms with Crippen LogP contribution in [0.25, 0.3) is 5.69 Å². The van der Waals surface area contributed by atoms with Gasteiger partial charge >= 0.3 is 0 Å². The summed E-state index contributed by atoms with van der Waals surface area (Å²) >= 11 is 6.01. The number of carbonyl (C=O) groups is 1. The number of hydrogen-bond donors (Lipinski definition) is 1. The molecule has 0 fully saturated rings. The summed E-state index contributed by atoms with van der Waals surface area (Å²) in [6.07, 6.45) is 0. The summed E-state index contributed by atoms with van der Waals surface area (Å²) in [7, 11) is -3.34. The highest BCUT2D eigenvalue weighted by Crippen LogP contribution is 2.34. The van der Waals surface area contributed by atoms with Gasteiger partial charge in [-0.2, -0.15) is 5.10 Å². The van der Waals surface area contributed by atoms with Crippen molar-refractivity contribution >= 4 is 33.2 Å². The predicted molar refractivity (Wildman–Crippen MR) is 109 cm³/mol. The first kappa shape index (κ1) is 19.6. The van der Waals surface area contributed by atoms with Crippen molar-refractivity contribution in [2.75, 3.05) is 5.32 Å². The summed E-state index contributed by atoms with van der Waals surface area (Å²) < 4.78 is 39.9. The molecule has 6 nitrogen and oxygen atoms in total. The van der Waals surface area contributed by atoms with Crippen molar-refractivity contribution in [3.05, 3.63) is 75.2 Å². The second-order valence-corrected chi connectivity index (χ2v) is 9.53. The smallest absolute Gasteiger partial charge is 0.261 e. The second kappa shape index (κ2) is 6.96. The summed E-state index contributed by atoms with van der Waals surface area (Å²) in [5.74, 6) is -1.78. The molecular formula is C20H17ClFN3O3S. The van der Waals surface area contributed by atoms with Gasteiger partial charge in [0.2, 0.25) is 0 Å². The quantitative estimate of drug-likeness (QED) is 0.677. The minimum absolute atomic E-state index is 0.0376. The fraction of sp³-hybridized carbons (Fsp3) is 0.200. The molecule has 0 spiro atoms. The number of hydrogen-bond acceptors (Lipinski definition) is 4. The molecule has 1 N–H and O–H groups in total. The van der Waals surface area contributed by atoms with E-state index < -0.39 is 21.6 Å². The number of aromatic nitrogens is 2. The molecule has 0 atom stereocenters. The second-order valence-electron chi connectivity index (χ2n) is 7.06. The number of rotatable bonds is 3. The van der Waals surface area contributed by atoms with Crippen molar-refractivity contribution in [1.29, 1.82) is 0 Å². The molecule has 1 aliphatic rings. The Balaban J connectivity index is 1.84. The molecule has 3 aromatic rings. The lowest BCUT2D eigenvalue weighted by atomic mass is 10.1. The number of aryl methyl sites for hydroxylation is 2. The zero-order valence-electron chi connectivity index (χ0n) is 15.7. The lowest BCUT2D eigenvalue weighted by molar-refractivity contribution is 0.102. The van der Waals surface area contributed by atoms with Gasteiger partial charge in [-0.25, -0.2) is 17.5 Å². The summed E-state index contributed by atoms with van der Waals surface area (Å²) in [6.45, 7) is 3.85. The van der Waals surface area contributed by atoms with E-state index in [1.54, 1.807) is 0 Å². The molecule has 0 unspecified atom stereocenters. The van der Waals surface area contributed by atoms with Crippen LogP contribution >= 0.6 is 11.6 Å². The number of anilines is 1. The maximum atomic E-state index is 14.2. The number of halogens is 2. The number of nitrogens with zero attached hydrogens (tertiary/aromatic N) is 2. The van der Waals surface area contributed by atoms with Crippen molar-refractivity contribution in [2.24, 2.45) is 0 Å². The third kappa shape index (κ3) is 3.54. The first-order valence-electron chi connectivity index (χ1n) is 8.80. The van der Waals surface area contributed by atoms with E-state index in [9.17, 15) is 17.6 Å². The summed E-state index contributed by atoms with van der Waals surface area (Å²) in [4.78, 5) is 12.8. The molecule has 1 amide bonds. The minimum atomic E-state index is -3.34. The van der Waals surface area contributed by atoms with Gasteiger partial charge in [0.25, 0.3) is 5.91 Å². The topological polar surface area (TPSA) is 81.1 Å². The Morgan fingerprint density at radius 2 is 1.97 bits per heavy atom. The van der Waals surface area contributed by atoms with Crippen molar-refractivity contribution in [3.63, 3.8) is 0 Å². The highest BCUT2D eigenvalue weighted by molar-refractivity contribution is 7.90. The van der Waals surface area contributed by atoms with Gasteiger partial charge in [0.15, 0.2) is 9.84 Å². The van der Waals surface area contributed by atoms with E-state index in [4.69, 9.17) is 11.6 Å². The van der Waals surface area contributed by atoms with Crippen LogP contribution in [0.15, 0.2) is 36.4 Å². The predicted octanol–water partition coefficient (Wildman–Crippen LogP) is 3.96. The maximum Gasteiger partial charge on any atom is 0.261 e. The van der Waals surface area contributed by atoms with Gasteiger partial charge in [-0.15, -0.1) is 0 Å². The Morgan fingerprint density at radius 1 is 1.21 bits per heavy atom. The fourth-order valence-electron chi connectivity index (χ4n) is 3.47. The van der Waals surface area contributed by atoms with E-state index in [0.717, 1.165) is 17.2 Å². The molecule has 150 valence electrons. The molecule has 2 aromatic carbocycles. The van der Waals surface area contributed by atoms with Crippen molar-refractivity contribution < 1.29 is 17.6 Å². The lowest BCUT2D eigenvalue weighted by Crippen LogP contribution is -2.19. The van der Waals surface area contributed by atoms with Crippen LogP contribution in [0, 0.1) is 19.7 Å². The van der Waals surface area contributed by atoms with Crippen LogP contribution in [0.4, 0.5) is 10.2 Å². The van der Waals surface area contributed by atoms with E-state index in [-0.39, 0.29) is 27.9 Å². The molecule has 0 saturated heterocycles. The number of amides is 1. The Kier molecular flexibility index (Phi) is 4.71. The van der Waals surface area contributed by atoms with Crippen LogP contribution in [-0.2, 0) is 21.3 Å². The normalized spacial score (nSPS) is 14.6. The number of benzene rings is 2. The molecule has 4 rings (SSSR count). The van der Waals surface area contributed by atoms with Gasteiger partial charge in [-0.1, -0.05) is 35.4 Å². The van der Waals surface area contributed by atoms with Crippen molar-refractivity contribution in [3.8, 4) is 5.69 Å². The first-order valence-corrected chi connectivity index (χ1v) is 11.0. The van der Waals surface area contributed by atoms with E-state index in [1.165, 1.54) is 16.8 Å². The van der Waals surface area contributed by atoms with Gasteiger partial charge in [-0.05, 0) is 37.6 Å². The SMILES string of the molecule is Cc1ccc(-n2nc3c(c2NC(=O)c2c(F)cccc2Cl)CS(=O)(=O)C3)c(C)c1. The van der Waals surface area contributed by atoms with Gasteiger partial charge < -0.3 is 5.32 Å². The minimum Gasteiger partial charge on any atom is -0.306 e. The van der Waals surface area contributed by atoms with Gasteiger partial charge in [0.05, 0.1) is 33.5 Å². The lowest BCUT2D eigenvalue weighted by Gasteiger charge is -2.14. The Morgan fingerprint density at radius 3 is 2.66 bits per heavy atom. The van der Waals surface area contributed by atoms with Crippen LogP contribution in [-0.4, -0.2) is 24.1 Å². The molecule has 0 saturated carbocycles. The third-order valence-electron chi connectivity index (χ3n) is 4.79. The van der Waals surface area contributed by atoms with Crippen LogP contribution in [0.3, 0.4) is 0 Å². The van der Waals surface area contributed by atoms with Gasteiger partial charge in [-0.3, -0.25) is 4.79 Å². The van der Waals surface area contributed by atoms with E-state index >= 15 is 0 Å². The molecule has 0 radical (unpaired) electrons. The van der Waals surface area contributed by atoms with Crippen LogP contribution in [0.2, 0.25) is 5.02 Å². The van der Waals surface area contributed by atoms with E-state index in [0.29, 0.717) is 16.9 Å². The van der Waals surface area contributed by atoms with Crippen molar-refractivity contribution in [1.82, 2.24) is 9.78 Å². The molecule has 1 aromatic heterocycles. The highest BCUT2D eigenvalue weighted by Gasteiger charge is 2.34. The molecule has 1 aliphatic heterocycles. The van der Waals surface area contributed by atoms with Gasteiger partial charge in [0.1, 0.15) is 11.6 Å². The largest absolute Gasteiger partial charge is 0.306 e.